The van der Waals surface area contributed by atoms with Gasteiger partial charge in [0.05, 0.1) is 23.5 Å². The van der Waals surface area contributed by atoms with E-state index in [0.29, 0.717) is 17.0 Å². The molecule has 20 heavy (non-hydrogen) atoms. The van der Waals surface area contributed by atoms with E-state index >= 15 is 0 Å². The molecule has 1 aliphatic heterocycles. The maximum Gasteiger partial charge on any atom is 0.278 e. The van der Waals surface area contributed by atoms with Crippen LogP contribution < -0.4 is 5.73 Å². The van der Waals surface area contributed by atoms with E-state index in [1.807, 2.05) is 0 Å². The highest BCUT2D eigenvalue weighted by molar-refractivity contribution is 7.99. The summed E-state index contributed by atoms with van der Waals surface area (Å²) in [5, 5.41) is 7.75. The summed E-state index contributed by atoms with van der Waals surface area (Å²) in [6.07, 6.45) is 0. The summed E-state index contributed by atoms with van der Waals surface area (Å²) in [7, 11) is 0. The highest BCUT2D eigenvalue weighted by Gasteiger charge is 2.35. The molecule has 0 fully saturated rings. The van der Waals surface area contributed by atoms with Crippen molar-refractivity contribution in [2.45, 2.75) is 11.8 Å². The van der Waals surface area contributed by atoms with Crippen molar-refractivity contribution in [3.05, 3.63) is 41.3 Å². The Labute approximate surface area is 118 Å². The summed E-state index contributed by atoms with van der Waals surface area (Å²) in [4.78, 5) is 25.3. The molecule has 1 aromatic carbocycles. The molecule has 2 N–H and O–H groups in total. The Kier molecular flexibility index (Phi) is 3.25. The van der Waals surface area contributed by atoms with Crippen molar-refractivity contribution < 1.29 is 14.0 Å². The quantitative estimate of drug-likeness (QED) is 0.658. The topological polar surface area (TPSA) is 102 Å². The van der Waals surface area contributed by atoms with Crippen LogP contribution in [-0.2, 0) is 6.54 Å². The third-order valence-electron chi connectivity index (χ3n) is 2.82. The molecule has 2 aromatic rings. The van der Waals surface area contributed by atoms with E-state index < -0.39 is 0 Å². The van der Waals surface area contributed by atoms with E-state index in [1.54, 1.807) is 24.3 Å². The first-order valence-electron chi connectivity index (χ1n) is 5.81. The Hall–Kier alpha value is -2.19. The van der Waals surface area contributed by atoms with Gasteiger partial charge in [-0.2, -0.15) is 0 Å². The second kappa shape index (κ2) is 5.06. The predicted octanol–water partition coefficient (Wildman–Crippen LogP) is 0.874. The summed E-state index contributed by atoms with van der Waals surface area (Å²) in [5.41, 5.74) is 6.20. The number of carbonyl (C=O) groups is 2. The number of carbonyl (C=O) groups excluding carboxylic acids is 2. The number of thioether (sulfide) groups is 1. The number of benzene rings is 1. The van der Waals surface area contributed by atoms with Crippen molar-refractivity contribution in [3.8, 4) is 0 Å². The van der Waals surface area contributed by atoms with Crippen LogP contribution >= 0.6 is 11.8 Å². The number of imide groups is 1. The monoisotopic (exact) mass is 290 g/mol. The van der Waals surface area contributed by atoms with Crippen molar-refractivity contribution in [2.75, 3.05) is 5.88 Å². The Bertz CT molecular complexity index is 650. The number of hydrogen-bond acceptors (Lipinski definition) is 7. The molecule has 2 heterocycles. The number of hydrogen-bond donors (Lipinski definition) is 1. The van der Waals surface area contributed by atoms with Crippen molar-refractivity contribution in [1.29, 1.82) is 0 Å². The van der Waals surface area contributed by atoms with E-state index in [2.05, 4.69) is 10.2 Å². The predicted molar refractivity (Wildman–Crippen MR) is 69.9 cm³/mol. The van der Waals surface area contributed by atoms with Gasteiger partial charge in [-0.3, -0.25) is 14.5 Å². The van der Waals surface area contributed by atoms with Crippen LogP contribution in [0.2, 0.25) is 0 Å². The molecule has 0 saturated heterocycles. The molecular weight excluding hydrogens is 280 g/mol. The molecule has 0 spiro atoms. The molecule has 0 unspecified atom stereocenters. The smallest absolute Gasteiger partial charge is 0.278 e. The van der Waals surface area contributed by atoms with E-state index in [9.17, 15) is 9.59 Å². The molecule has 1 aromatic heterocycles. The van der Waals surface area contributed by atoms with Gasteiger partial charge in [-0.25, -0.2) is 0 Å². The third-order valence-corrected chi connectivity index (χ3v) is 3.62. The largest absolute Gasteiger partial charge is 0.414 e. The fourth-order valence-electron chi connectivity index (χ4n) is 1.86. The zero-order valence-corrected chi connectivity index (χ0v) is 11.1. The fraction of sp³-hybridized carbons (Fsp3) is 0.167. The van der Waals surface area contributed by atoms with Crippen LogP contribution in [0.5, 0.6) is 0 Å². The van der Waals surface area contributed by atoms with Gasteiger partial charge in [-0.05, 0) is 23.9 Å². The van der Waals surface area contributed by atoms with Gasteiger partial charge in [0.15, 0.2) is 0 Å². The Morgan fingerprint density at radius 3 is 2.35 bits per heavy atom. The van der Waals surface area contributed by atoms with Crippen molar-refractivity contribution in [2.24, 2.45) is 5.73 Å². The maximum atomic E-state index is 12.1. The zero-order valence-electron chi connectivity index (χ0n) is 10.3. The standard InChI is InChI=1S/C12H10N4O3S/c13-5-9-14-15-12(19-9)20-6-16-10(17)7-3-1-2-4-8(7)11(16)18/h1-4H,5-6,13H2. The molecule has 0 saturated carbocycles. The lowest BCUT2D eigenvalue weighted by atomic mass is 10.1. The second-order valence-corrected chi connectivity index (χ2v) is 4.92. The maximum absolute atomic E-state index is 12.1. The molecule has 1 aliphatic rings. The average molecular weight is 290 g/mol. The summed E-state index contributed by atoms with van der Waals surface area (Å²) in [6.45, 7) is 0.153. The minimum absolute atomic E-state index is 0.124. The van der Waals surface area contributed by atoms with Gasteiger partial charge in [0, 0.05) is 0 Å². The van der Waals surface area contributed by atoms with Crippen LogP contribution in [0.4, 0.5) is 0 Å². The molecule has 8 heteroatoms. The average Bonchev–Trinajstić information content (AvgIpc) is 3.03. The molecule has 0 bridgehead atoms. The first-order valence-corrected chi connectivity index (χ1v) is 6.79. The summed E-state index contributed by atoms with van der Waals surface area (Å²) >= 11 is 1.12. The summed E-state index contributed by atoms with van der Waals surface area (Å²) in [6, 6.07) is 6.73. The number of fused-ring (bicyclic) bond motifs is 1. The lowest BCUT2D eigenvalue weighted by molar-refractivity contribution is 0.0684. The number of nitrogens with zero attached hydrogens (tertiary/aromatic N) is 3. The van der Waals surface area contributed by atoms with Crippen molar-refractivity contribution in [1.82, 2.24) is 15.1 Å². The highest BCUT2D eigenvalue weighted by Crippen LogP contribution is 2.26. The van der Waals surface area contributed by atoms with Gasteiger partial charge < -0.3 is 10.2 Å². The van der Waals surface area contributed by atoms with Gasteiger partial charge >= 0.3 is 0 Å². The minimum atomic E-state index is -0.309. The van der Waals surface area contributed by atoms with Crippen LogP contribution in [0, 0.1) is 0 Å². The van der Waals surface area contributed by atoms with E-state index in [4.69, 9.17) is 10.2 Å². The number of amides is 2. The van der Waals surface area contributed by atoms with E-state index in [1.165, 1.54) is 0 Å². The third kappa shape index (κ3) is 2.08. The normalized spacial score (nSPS) is 13.9. The van der Waals surface area contributed by atoms with Gasteiger partial charge in [0.25, 0.3) is 17.0 Å². The van der Waals surface area contributed by atoms with Crippen LogP contribution in [0.25, 0.3) is 0 Å². The number of rotatable bonds is 4. The van der Waals surface area contributed by atoms with E-state index in [0.717, 1.165) is 16.7 Å². The lowest BCUT2D eigenvalue weighted by Crippen LogP contribution is -2.29. The lowest BCUT2D eigenvalue weighted by Gasteiger charge is -2.11. The van der Waals surface area contributed by atoms with Gasteiger partial charge in [0.2, 0.25) is 5.89 Å². The SMILES string of the molecule is NCc1nnc(SCN2C(=O)c3ccccc3C2=O)o1. The van der Waals surface area contributed by atoms with Crippen LogP contribution in [0.3, 0.4) is 0 Å². The molecule has 2 amide bonds. The molecule has 102 valence electrons. The van der Waals surface area contributed by atoms with Gasteiger partial charge in [-0.1, -0.05) is 12.1 Å². The molecule has 3 rings (SSSR count). The summed E-state index contributed by atoms with van der Waals surface area (Å²) in [5.74, 6) is -0.179. The van der Waals surface area contributed by atoms with Crippen molar-refractivity contribution >= 4 is 23.6 Å². The van der Waals surface area contributed by atoms with Crippen LogP contribution in [-0.4, -0.2) is 32.8 Å². The molecule has 7 nitrogen and oxygen atoms in total. The Morgan fingerprint density at radius 2 is 1.80 bits per heavy atom. The minimum Gasteiger partial charge on any atom is -0.414 e. The zero-order chi connectivity index (χ0) is 14.1. The molecule has 0 aliphatic carbocycles. The Morgan fingerprint density at radius 1 is 1.15 bits per heavy atom. The highest BCUT2D eigenvalue weighted by atomic mass is 32.2. The first kappa shape index (κ1) is 12.8. The van der Waals surface area contributed by atoms with Crippen molar-refractivity contribution in [3.63, 3.8) is 0 Å². The number of nitrogens with two attached hydrogens (primary N) is 1. The Balaban J connectivity index is 1.73. The van der Waals surface area contributed by atoms with Gasteiger partial charge in [-0.15, -0.1) is 10.2 Å². The van der Waals surface area contributed by atoms with E-state index in [-0.39, 0.29) is 29.5 Å². The molecular formula is C12H10N4O3S. The van der Waals surface area contributed by atoms with Crippen LogP contribution in [0.15, 0.2) is 33.9 Å². The second-order valence-electron chi connectivity index (χ2n) is 4.02. The number of aromatic nitrogens is 2. The summed E-state index contributed by atoms with van der Waals surface area (Å²) < 4.78 is 5.21. The first-order chi connectivity index (χ1) is 9.70. The van der Waals surface area contributed by atoms with Crippen LogP contribution in [0.1, 0.15) is 26.6 Å². The van der Waals surface area contributed by atoms with Gasteiger partial charge in [0.1, 0.15) is 0 Å². The molecule has 0 radical (unpaired) electrons. The molecule has 0 atom stereocenters. The fourth-order valence-corrected chi connectivity index (χ4v) is 2.58.